The van der Waals surface area contributed by atoms with Crippen LogP contribution in [0.1, 0.15) is 45.2 Å². The van der Waals surface area contributed by atoms with Crippen LogP contribution >= 0.6 is 0 Å². The van der Waals surface area contributed by atoms with Gasteiger partial charge in [0, 0.05) is 25.2 Å². The average Bonchev–Trinajstić information content (AvgIpc) is 2.57. The summed E-state index contributed by atoms with van der Waals surface area (Å²) in [6, 6.07) is 2.08. The van der Waals surface area contributed by atoms with Crippen LogP contribution in [-0.4, -0.2) is 15.3 Å². The Morgan fingerprint density at radius 3 is 2.62 bits per heavy atom. The second-order valence-electron chi connectivity index (χ2n) is 5.90. The van der Waals surface area contributed by atoms with Gasteiger partial charge >= 0.3 is 0 Å². The Labute approximate surface area is 98.0 Å². The second-order valence-corrected chi connectivity index (χ2v) is 5.90. The summed E-state index contributed by atoms with van der Waals surface area (Å²) in [4.78, 5) is 0. The number of nitrogens with zero attached hydrogens (tertiary/aromatic N) is 2. The van der Waals surface area contributed by atoms with Crippen molar-refractivity contribution < 1.29 is 0 Å². The largest absolute Gasteiger partial charge is 0.324 e. The summed E-state index contributed by atoms with van der Waals surface area (Å²) >= 11 is 0. The molecule has 1 atom stereocenters. The number of nitrogens with two attached hydrogens (primary N) is 1. The Kier molecular flexibility index (Phi) is 2.82. The number of aryl methyl sites for hydroxylation is 1. The second kappa shape index (κ2) is 3.88. The van der Waals surface area contributed by atoms with Crippen molar-refractivity contribution in [3.8, 4) is 0 Å². The Morgan fingerprint density at radius 2 is 2.06 bits per heavy atom. The lowest BCUT2D eigenvalue weighted by atomic mass is 9.62. The topological polar surface area (TPSA) is 43.8 Å². The van der Waals surface area contributed by atoms with Crippen LogP contribution in [0.25, 0.3) is 0 Å². The fourth-order valence-electron chi connectivity index (χ4n) is 2.80. The molecule has 1 aliphatic rings. The highest BCUT2D eigenvalue weighted by Gasteiger charge is 2.43. The molecule has 3 heteroatoms. The molecule has 0 aliphatic heterocycles. The van der Waals surface area contributed by atoms with Gasteiger partial charge in [0.25, 0.3) is 0 Å². The van der Waals surface area contributed by atoms with E-state index in [0.717, 1.165) is 18.5 Å². The first kappa shape index (κ1) is 11.6. The Bertz CT molecular complexity index is 367. The van der Waals surface area contributed by atoms with Crippen molar-refractivity contribution in [3.05, 3.63) is 18.0 Å². The van der Waals surface area contributed by atoms with Crippen LogP contribution < -0.4 is 5.73 Å². The van der Waals surface area contributed by atoms with Crippen LogP contribution in [-0.2, 0) is 13.5 Å². The first-order valence-electron chi connectivity index (χ1n) is 6.20. The highest BCUT2D eigenvalue weighted by atomic mass is 15.2. The van der Waals surface area contributed by atoms with Gasteiger partial charge in [-0.2, -0.15) is 5.10 Å². The third-order valence-corrected chi connectivity index (χ3v) is 4.29. The lowest BCUT2D eigenvalue weighted by Crippen LogP contribution is -2.56. The number of aromatic nitrogens is 2. The normalized spacial score (nSPS) is 29.2. The Hall–Kier alpha value is -0.830. The highest BCUT2D eigenvalue weighted by Crippen LogP contribution is 2.43. The van der Waals surface area contributed by atoms with E-state index in [1.165, 1.54) is 19.3 Å². The first-order valence-corrected chi connectivity index (χ1v) is 6.20. The summed E-state index contributed by atoms with van der Waals surface area (Å²) in [6.45, 7) is 4.60. The lowest BCUT2D eigenvalue weighted by molar-refractivity contribution is 0.0980. The number of rotatable bonds is 2. The van der Waals surface area contributed by atoms with Gasteiger partial charge in [-0.05, 0) is 24.3 Å². The van der Waals surface area contributed by atoms with Gasteiger partial charge < -0.3 is 5.73 Å². The molecule has 0 spiro atoms. The third kappa shape index (κ3) is 2.01. The minimum atomic E-state index is -0.0837. The van der Waals surface area contributed by atoms with E-state index in [9.17, 15) is 0 Å². The molecule has 3 nitrogen and oxygen atoms in total. The maximum absolute atomic E-state index is 6.63. The Balaban J connectivity index is 2.17. The molecule has 1 aromatic rings. The van der Waals surface area contributed by atoms with Crippen LogP contribution in [0.4, 0.5) is 0 Å². The van der Waals surface area contributed by atoms with E-state index in [1.54, 1.807) is 0 Å². The molecule has 2 N–H and O–H groups in total. The lowest BCUT2D eigenvalue weighted by Gasteiger charge is -2.47. The molecule has 0 radical (unpaired) electrons. The molecule has 1 heterocycles. The zero-order chi connectivity index (χ0) is 11.8. The standard InChI is InChI=1S/C13H23N3/c1-12(2)7-4-5-8-13(12,14)10-11-6-9-16(3)15-11/h6,9H,4-5,7-8,10,14H2,1-3H3. The van der Waals surface area contributed by atoms with Crippen molar-refractivity contribution in [1.29, 1.82) is 0 Å². The predicted molar refractivity (Wildman–Crippen MR) is 66.1 cm³/mol. The van der Waals surface area contributed by atoms with Crippen molar-refractivity contribution in [2.24, 2.45) is 18.2 Å². The molecular weight excluding hydrogens is 198 g/mol. The van der Waals surface area contributed by atoms with Gasteiger partial charge in [-0.15, -0.1) is 0 Å². The summed E-state index contributed by atoms with van der Waals surface area (Å²) < 4.78 is 1.86. The predicted octanol–water partition coefficient (Wildman–Crippen LogP) is 2.26. The van der Waals surface area contributed by atoms with Crippen molar-refractivity contribution in [3.63, 3.8) is 0 Å². The molecule has 1 unspecified atom stereocenters. The zero-order valence-corrected chi connectivity index (χ0v) is 10.7. The SMILES string of the molecule is Cn1ccc(CC2(N)CCCCC2(C)C)n1. The van der Waals surface area contributed by atoms with Crippen LogP contribution in [0, 0.1) is 5.41 Å². The number of hydrogen-bond acceptors (Lipinski definition) is 2. The molecule has 90 valence electrons. The van der Waals surface area contributed by atoms with E-state index in [0.29, 0.717) is 0 Å². The summed E-state index contributed by atoms with van der Waals surface area (Å²) in [7, 11) is 1.96. The summed E-state index contributed by atoms with van der Waals surface area (Å²) in [5, 5.41) is 4.45. The Morgan fingerprint density at radius 1 is 1.38 bits per heavy atom. The van der Waals surface area contributed by atoms with E-state index in [1.807, 2.05) is 17.9 Å². The molecular formula is C13H23N3. The monoisotopic (exact) mass is 221 g/mol. The molecule has 16 heavy (non-hydrogen) atoms. The van der Waals surface area contributed by atoms with Gasteiger partial charge in [0.05, 0.1) is 5.69 Å². The van der Waals surface area contributed by atoms with E-state index in [2.05, 4.69) is 25.0 Å². The van der Waals surface area contributed by atoms with Gasteiger partial charge in [-0.3, -0.25) is 4.68 Å². The van der Waals surface area contributed by atoms with Crippen molar-refractivity contribution in [2.75, 3.05) is 0 Å². The quantitative estimate of drug-likeness (QED) is 0.832. The molecule has 0 amide bonds. The van der Waals surface area contributed by atoms with Gasteiger partial charge in [-0.25, -0.2) is 0 Å². The van der Waals surface area contributed by atoms with Crippen LogP contribution in [0.3, 0.4) is 0 Å². The van der Waals surface area contributed by atoms with Crippen LogP contribution in [0.15, 0.2) is 12.3 Å². The van der Waals surface area contributed by atoms with Crippen molar-refractivity contribution >= 4 is 0 Å². The van der Waals surface area contributed by atoms with Crippen molar-refractivity contribution in [1.82, 2.24) is 9.78 Å². The summed E-state index contributed by atoms with van der Waals surface area (Å²) in [5.41, 5.74) is 7.90. The molecule has 0 saturated heterocycles. The zero-order valence-electron chi connectivity index (χ0n) is 10.7. The molecule has 1 aromatic heterocycles. The maximum Gasteiger partial charge on any atom is 0.0642 e. The molecule has 0 aromatic carbocycles. The van der Waals surface area contributed by atoms with Gasteiger partial charge in [0.2, 0.25) is 0 Å². The molecule has 1 saturated carbocycles. The van der Waals surface area contributed by atoms with Gasteiger partial charge in [0.15, 0.2) is 0 Å². The first-order chi connectivity index (χ1) is 7.43. The fraction of sp³-hybridized carbons (Fsp3) is 0.769. The van der Waals surface area contributed by atoms with Gasteiger partial charge in [-0.1, -0.05) is 26.7 Å². The summed E-state index contributed by atoms with van der Waals surface area (Å²) in [6.07, 6.45) is 7.82. The van der Waals surface area contributed by atoms with E-state index >= 15 is 0 Å². The molecule has 1 fully saturated rings. The average molecular weight is 221 g/mol. The van der Waals surface area contributed by atoms with Crippen molar-refractivity contribution in [2.45, 2.75) is 51.5 Å². The van der Waals surface area contributed by atoms with Crippen LogP contribution in [0.5, 0.6) is 0 Å². The summed E-state index contributed by atoms with van der Waals surface area (Å²) in [5.74, 6) is 0. The molecule has 1 aliphatic carbocycles. The highest BCUT2D eigenvalue weighted by molar-refractivity contribution is 5.10. The van der Waals surface area contributed by atoms with Gasteiger partial charge in [0.1, 0.15) is 0 Å². The molecule has 2 rings (SSSR count). The van der Waals surface area contributed by atoms with E-state index in [-0.39, 0.29) is 11.0 Å². The van der Waals surface area contributed by atoms with E-state index < -0.39 is 0 Å². The fourth-order valence-corrected chi connectivity index (χ4v) is 2.80. The molecule has 0 bridgehead atoms. The number of hydrogen-bond donors (Lipinski definition) is 1. The third-order valence-electron chi connectivity index (χ3n) is 4.29. The smallest absolute Gasteiger partial charge is 0.0642 e. The minimum absolute atomic E-state index is 0.0837. The minimum Gasteiger partial charge on any atom is -0.324 e. The van der Waals surface area contributed by atoms with Crippen LogP contribution in [0.2, 0.25) is 0 Å². The van der Waals surface area contributed by atoms with E-state index in [4.69, 9.17) is 5.73 Å². The maximum atomic E-state index is 6.63.